The fourth-order valence-corrected chi connectivity index (χ4v) is 6.46. The number of halogens is 5. The molecule has 0 unspecified atom stereocenters. The first kappa shape index (κ1) is 32.7. The summed E-state index contributed by atoms with van der Waals surface area (Å²) in [6, 6.07) is 4.69. The van der Waals surface area contributed by atoms with Gasteiger partial charge in [0.25, 0.3) is 16.4 Å². The van der Waals surface area contributed by atoms with E-state index in [1.165, 1.54) is 0 Å². The lowest BCUT2D eigenvalue weighted by molar-refractivity contribution is -0.137. The summed E-state index contributed by atoms with van der Waals surface area (Å²) in [6.07, 6.45) is -6.64. The number of nitrogen functional groups attached to an aromatic ring is 1. The Kier molecular flexibility index (Phi) is 10.2. The predicted molar refractivity (Wildman–Crippen MR) is 140 cm³/mol. The number of carbonyl (C=O) groups is 1. The number of nitrogens with zero attached hydrogens (tertiary/aromatic N) is 5. The van der Waals surface area contributed by atoms with Crippen LogP contribution < -0.4 is 5.73 Å². The van der Waals surface area contributed by atoms with Gasteiger partial charge in [0.15, 0.2) is 15.0 Å². The second kappa shape index (κ2) is 13.0. The molecule has 3 aromatic heterocycles. The van der Waals surface area contributed by atoms with E-state index in [1.54, 1.807) is 6.92 Å². The van der Waals surface area contributed by atoms with Crippen molar-refractivity contribution in [2.45, 2.75) is 23.7 Å². The fourth-order valence-electron chi connectivity index (χ4n) is 3.60. The summed E-state index contributed by atoms with van der Waals surface area (Å²) in [7, 11) is -3.75. The Morgan fingerprint density at radius 3 is 2.17 bits per heavy atom. The molecule has 0 atom stereocenters. The molecular weight excluding hydrogens is 615 g/mol. The second-order valence-corrected chi connectivity index (χ2v) is 11.5. The number of hydrogen-bond donors (Lipinski definition) is 4. The highest BCUT2D eigenvalue weighted by molar-refractivity contribution is 7.91. The van der Waals surface area contributed by atoms with Crippen molar-refractivity contribution in [3.8, 4) is 11.3 Å². The van der Waals surface area contributed by atoms with Crippen molar-refractivity contribution in [1.29, 1.82) is 0 Å². The van der Waals surface area contributed by atoms with Crippen molar-refractivity contribution in [1.82, 2.24) is 23.9 Å². The number of benzene rings is 1. The molecule has 0 aliphatic carbocycles. The van der Waals surface area contributed by atoms with Crippen LogP contribution in [0.4, 0.5) is 27.1 Å². The number of aromatic carboxylic acids is 1. The van der Waals surface area contributed by atoms with Crippen LogP contribution in [0.25, 0.3) is 16.9 Å². The van der Waals surface area contributed by atoms with Crippen LogP contribution in [0, 0.1) is 6.92 Å². The SMILES string of the molecule is Cc1nc(N)sc1S(=O)(=O)N(CCO)CCO.O=C(O)c1cnn2c(C(F)F)cc(-c3ccc(C(F)(F)F)cc3)nc12. The smallest absolute Gasteiger partial charge is 0.416 e. The van der Waals surface area contributed by atoms with Crippen molar-refractivity contribution < 1.29 is 50.5 Å². The lowest BCUT2D eigenvalue weighted by Gasteiger charge is -2.19. The van der Waals surface area contributed by atoms with E-state index in [1.807, 2.05) is 0 Å². The molecule has 0 amide bonds. The molecule has 0 radical (unpaired) electrons. The summed E-state index contributed by atoms with van der Waals surface area (Å²) in [5.74, 6) is -1.41. The van der Waals surface area contributed by atoms with E-state index in [0.29, 0.717) is 10.2 Å². The van der Waals surface area contributed by atoms with E-state index >= 15 is 0 Å². The maximum Gasteiger partial charge on any atom is 0.416 e. The van der Waals surface area contributed by atoms with Crippen molar-refractivity contribution in [2.75, 3.05) is 32.0 Å². The van der Waals surface area contributed by atoms with Gasteiger partial charge in [0.2, 0.25) is 0 Å². The number of rotatable bonds is 9. The zero-order valence-corrected chi connectivity index (χ0v) is 23.1. The number of aromatic nitrogens is 4. The third kappa shape index (κ3) is 7.16. The lowest BCUT2D eigenvalue weighted by Crippen LogP contribution is -2.35. The Hall–Kier alpha value is -3.78. The number of sulfonamides is 1. The molecule has 4 aromatic rings. The van der Waals surface area contributed by atoms with Gasteiger partial charge in [0.05, 0.1) is 36.4 Å². The normalized spacial score (nSPS) is 12.1. The molecule has 0 aliphatic rings. The molecule has 0 saturated heterocycles. The number of aliphatic hydroxyl groups excluding tert-OH is 2. The predicted octanol–water partition coefficient (Wildman–Crippen LogP) is 3.06. The highest BCUT2D eigenvalue weighted by Crippen LogP contribution is 2.32. The van der Waals surface area contributed by atoms with Crippen molar-refractivity contribution in [3.05, 3.63) is 59.0 Å². The number of carboxylic acids is 1. The number of hydrogen-bond acceptors (Lipinski definition) is 10. The maximum atomic E-state index is 13.2. The van der Waals surface area contributed by atoms with Crippen LogP contribution >= 0.6 is 11.3 Å². The largest absolute Gasteiger partial charge is 0.477 e. The zero-order chi connectivity index (χ0) is 31.4. The van der Waals surface area contributed by atoms with E-state index in [2.05, 4.69) is 15.1 Å². The minimum atomic E-state index is -4.54. The van der Waals surface area contributed by atoms with Crippen molar-refractivity contribution >= 4 is 38.1 Å². The molecule has 0 aliphatic heterocycles. The molecule has 0 spiro atoms. The Balaban J connectivity index is 0.000000250. The van der Waals surface area contributed by atoms with E-state index in [9.17, 15) is 35.2 Å². The number of fused-ring (bicyclic) bond motifs is 1. The summed E-state index contributed by atoms with van der Waals surface area (Å²) in [4.78, 5) is 19.0. The maximum absolute atomic E-state index is 13.2. The van der Waals surface area contributed by atoms with E-state index in [0.717, 1.165) is 52.2 Å². The molecule has 0 saturated carbocycles. The standard InChI is InChI=1S/C15H8F5N3O2.C8H15N3O4S2/c16-12(17)11-5-10(7-1-3-8(4-2-7)15(18,19)20)22-13-9(14(24)25)6-21-23(11)13;1-6-7(16-8(9)10-6)17(14,15)11(2-4-12)3-5-13/h1-6,12H,(H,24,25);12-13H,2-5H2,1H3,(H2,9,10). The van der Waals surface area contributed by atoms with E-state index in [-0.39, 0.29) is 52.5 Å². The van der Waals surface area contributed by atoms with E-state index < -0.39 is 45.4 Å². The van der Waals surface area contributed by atoms with Gasteiger partial charge in [0.1, 0.15) is 11.3 Å². The third-order valence-electron chi connectivity index (χ3n) is 5.50. The average molecular weight is 639 g/mol. The first-order chi connectivity index (χ1) is 19.6. The van der Waals surface area contributed by atoms with Crippen LogP contribution in [0.3, 0.4) is 0 Å². The topological polar surface area (TPSA) is 184 Å². The van der Waals surface area contributed by atoms with Gasteiger partial charge in [-0.25, -0.2) is 36.5 Å². The minimum Gasteiger partial charge on any atom is -0.477 e. The van der Waals surface area contributed by atoms with Crippen LogP contribution in [-0.4, -0.2) is 79.9 Å². The first-order valence-corrected chi connectivity index (χ1v) is 13.9. The second-order valence-electron chi connectivity index (χ2n) is 8.32. The van der Waals surface area contributed by atoms with Crippen molar-refractivity contribution in [2.24, 2.45) is 0 Å². The van der Waals surface area contributed by atoms with E-state index in [4.69, 9.17) is 21.1 Å². The van der Waals surface area contributed by atoms with Crippen LogP contribution in [0.2, 0.25) is 0 Å². The molecule has 0 bridgehead atoms. The molecule has 0 fully saturated rings. The molecule has 3 heterocycles. The third-order valence-corrected chi connectivity index (χ3v) is 8.98. The molecular formula is C23H23F5N6O6S2. The first-order valence-electron chi connectivity index (χ1n) is 11.6. The van der Waals surface area contributed by atoms with Gasteiger partial charge in [-0.3, -0.25) is 0 Å². The van der Waals surface area contributed by atoms with Gasteiger partial charge >= 0.3 is 12.1 Å². The van der Waals surface area contributed by atoms with Crippen molar-refractivity contribution in [3.63, 3.8) is 0 Å². The van der Waals surface area contributed by atoms with Crippen LogP contribution in [0.1, 0.15) is 33.7 Å². The molecule has 228 valence electrons. The van der Waals surface area contributed by atoms with Crippen LogP contribution in [-0.2, 0) is 16.2 Å². The van der Waals surface area contributed by atoms with Gasteiger partial charge in [-0.1, -0.05) is 23.5 Å². The zero-order valence-electron chi connectivity index (χ0n) is 21.5. The molecule has 42 heavy (non-hydrogen) atoms. The Morgan fingerprint density at radius 1 is 1.12 bits per heavy atom. The number of nitrogens with two attached hydrogens (primary N) is 1. The number of aliphatic hydroxyl groups is 2. The fraction of sp³-hybridized carbons (Fsp3) is 0.304. The summed E-state index contributed by atoms with van der Waals surface area (Å²) < 4.78 is 90.4. The number of anilines is 1. The minimum absolute atomic E-state index is 0.0527. The number of carboxylic acid groups (broad SMARTS) is 1. The Morgan fingerprint density at radius 2 is 1.71 bits per heavy atom. The number of thiazole rings is 1. The number of aryl methyl sites for hydroxylation is 1. The molecule has 4 rings (SSSR count). The van der Waals surface area contributed by atoms with Crippen LogP contribution in [0.15, 0.2) is 40.7 Å². The average Bonchev–Trinajstić information content (AvgIpc) is 3.50. The summed E-state index contributed by atoms with van der Waals surface area (Å²) in [5, 5.41) is 30.5. The van der Waals surface area contributed by atoms with Gasteiger partial charge in [0, 0.05) is 18.7 Å². The molecule has 1 aromatic carbocycles. The highest BCUT2D eigenvalue weighted by atomic mass is 32.2. The molecule has 12 nitrogen and oxygen atoms in total. The lowest BCUT2D eigenvalue weighted by atomic mass is 10.1. The highest BCUT2D eigenvalue weighted by Gasteiger charge is 2.30. The van der Waals surface area contributed by atoms with Crippen LogP contribution in [0.5, 0.6) is 0 Å². The van der Waals surface area contributed by atoms with Gasteiger partial charge in [-0.2, -0.15) is 22.6 Å². The quantitative estimate of drug-likeness (QED) is 0.199. The Bertz CT molecular complexity index is 1650. The summed E-state index contributed by atoms with van der Waals surface area (Å²) >= 11 is 0.875. The summed E-state index contributed by atoms with van der Waals surface area (Å²) in [5.41, 5.74) is 3.60. The van der Waals surface area contributed by atoms with Gasteiger partial charge in [-0.15, -0.1) is 0 Å². The van der Waals surface area contributed by atoms with Gasteiger partial charge in [-0.05, 0) is 25.1 Å². The monoisotopic (exact) mass is 638 g/mol. The number of alkyl halides is 5. The van der Waals surface area contributed by atoms with Gasteiger partial charge < -0.3 is 21.1 Å². The Labute approximate surface area is 238 Å². The summed E-state index contributed by atoms with van der Waals surface area (Å²) in [6.45, 7) is 0.787. The molecule has 5 N–H and O–H groups in total. The molecule has 19 heteroatoms.